The van der Waals surface area contributed by atoms with E-state index in [1.54, 1.807) is 7.11 Å². The Kier molecular flexibility index (Phi) is 6.10. The van der Waals surface area contributed by atoms with E-state index in [1.165, 1.54) is 0 Å². The lowest BCUT2D eigenvalue weighted by atomic mass is 10.1. The molecule has 0 atom stereocenters. The number of aliphatic hydroxyl groups excluding tert-OH is 1. The van der Waals surface area contributed by atoms with Crippen molar-refractivity contribution in [1.82, 2.24) is 5.32 Å². The van der Waals surface area contributed by atoms with Crippen molar-refractivity contribution in [1.29, 1.82) is 0 Å². The summed E-state index contributed by atoms with van der Waals surface area (Å²) in [6.45, 7) is 0.633. The molecule has 0 aliphatic heterocycles. The van der Waals surface area contributed by atoms with Crippen molar-refractivity contribution in [3.8, 4) is 5.75 Å². The van der Waals surface area contributed by atoms with Crippen molar-refractivity contribution in [2.75, 3.05) is 20.3 Å². The monoisotopic (exact) mass is 237 g/mol. The molecule has 2 N–H and O–H groups in total. The molecule has 94 valence electrons. The van der Waals surface area contributed by atoms with Gasteiger partial charge >= 0.3 is 0 Å². The molecule has 0 aliphatic carbocycles. The van der Waals surface area contributed by atoms with Crippen molar-refractivity contribution in [3.63, 3.8) is 0 Å². The molecule has 0 radical (unpaired) electrons. The van der Waals surface area contributed by atoms with E-state index < -0.39 is 0 Å². The number of rotatable bonds is 7. The number of hydrogen-bond acceptors (Lipinski definition) is 3. The van der Waals surface area contributed by atoms with Crippen LogP contribution < -0.4 is 10.1 Å². The first kappa shape index (κ1) is 13.5. The molecule has 1 aromatic carbocycles. The van der Waals surface area contributed by atoms with Crippen LogP contribution >= 0.6 is 0 Å². The lowest BCUT2D eigenvalue weighted by molar-refractivity contribution is -0.121. The zero-order chi connectivity index (χ0) is 12.5. The summed E-state index contributed by atoms with van der Waals surface area (Å²) in [6, 6.07) is 7.68. The second-order valence-electron chi connectivity index (χ2n) is 3.74. The van der Waals surface area contributed by atoms with Crippen LogP contribution in [0.4, 0.5) is 0 Å². The molecule has 4 heteroatoms. The van der Waals surface area contributed by atoms with Gasteiger partial charge in [0.2, 0.25) is 5.91 Å². The first-order valence-electron chi connectivity index (χ1n) is 5.77. The molecule has 17 heavy (non-hydrogen) atoms. The summed E-state index contributed by atoms with van der Waals surface area (Å²) in [5, 5.41) is 11.3. The van der Waals surface area contributed by atoms with Gasteiger partial charge in [0.15, 0.2) is 0 Å². The molecule has 0 bridgehead atoms. The minimum Gasteiger partial charge on any atom is -0.496 e. The van der Waals surface area contributed by atoms with Crippen LogP contribution in [-0.2, 0) is 11.2 Å². The fraction of sp³-hybridized carbons (Fsp3) is 0.462. The number of nitrogens with one attached hydrogen (secondary N) is 1. The average Bonchev–Trinajstić information content (AvgIpc) is 2.37. The number of carbonyl (C=O) groups excluding carboxylic acids is 1. The maximum Gasteiger partial charge on any atom is 0.220 e. The first-order chi connectivity index (χ1) is 8.27. The Bertz CT molecular complexity index is 352. The Hall–Kier alpha value is -1.55. The molecule has 1 amide bonds. The maximum atomic E-state index is 11.5. The van der Waals surface area contributed by atoms with Crippen LogP contribution in [0.3, 0.4) is 0 Å². The highest BCUT2D eigenvalue weighted by Crippen LogP contribution is 2.18. The highest BCUT2D eigenvalue weighted by molar-refractivity contribution is 5.76. The lowest BCUT2D eigenvalue weighted by Crippen LogP contribution is -2.25. The number of para-hydroxylation sites is 1. The standard InChI is InChI=1S/C13H19NO3/c1-17-12-6-3-2-5-11(12)7-8-13(16)14-9-4-10-15/h2-3,5-6,15H,4,7-10H2,1H3,(H,14,16). The number of hydrogen-bond donors (Lipinski definition) is 2. The number of ether oxygens (including phenoxy) is 1. The highest BCUT2D eigenvalue weighted by Gasteiger charge is 2.05. The summed E-state index contributed by atoms with van der Waals surface area (Å²) in [5.74, 6) is 0.819. The number of amides is 1. The maximum absolute atomic E-state index is 11.5. The summed E-state index contributed by atoms with van der Waals surface area (Å²) in [4.78, 5) is 11.5. The van der Waals surface area contributed by atoms with Gasteiger partial charge in [-0.25, -0.2) is 0 Å². The molecule has 0 aliphatic rings. The molecule has 0 aromatic heterocycles. The predicted octanol–water partition coefficient (Wildman–Crippen LogP) is 1.13. The van der Waals surface area contributed by atoms with Gasteiger partial charge in [0, 0.05) is 19.6 Å². The van der Waals surface area contributed by atoms with E-state index in [0.29, 0.717) is 25.8 Å². The second-order valence-corrected chi connectivity index (χ2v) is 3.74. The number of carbonyl (C=O) groups is 1. The van der Waals surface area contributed by atoms with Gasteiger partial charge in [-0.1, -0.05) is 18.2 Å². The predicted molar refractivity (Wildman–Crippen MR) is 66.0 cm³/mol. The van der Waals surface area contributed by atoms with Crippen LogP contribution in [0.5, 0.6) is 5.75 Å². The third-order valence-electron chi connectivity index (χ3n) is 2.47. The molecule has 1 aromatic rings. The summed E-state index contributed by atoms with van der Waals surface area (Å²) in [6.07, 6.45) is 1.70. The molecule has 0 heterocycles. The van der Waals surface area contributed by atoms with Gasteiger partial charge in [-0.3, -0.25) is 4.79 Å². The third-order valence-corrected chi connectivity index (χ3v) is 2.47. The summed E-state index contributed by atoms with van der Waals surface area (Å²) < 4.78 is 5.21. The Morgan fingerprint density at radius 2 is 2.18 bits per heavy atom. The Labute approximate surface area is 102 Å². The second kappa shape index (κ2) is 7.68. The molecule has 0 spiro atoms. The largest absolute Gasteiger partial charge is 0.496 e. The third kappa shape index (κ3) is 4.87. The molecular formula is C13H19NO3. The lowest BCUT2D eigenvalue weighted by Gasteiger charge is -2.08. The van der Waals surface area contributed by atoms with Crippen LogP contribution in [-0.4, -0.2) is 31.3 Å². The van der Waals surface area contributed by atoms with E-state index in [4.69, 9.17) is 9.84 Å². The smallest absolute Gasteiger partial charge is 0.220 e. The zero-order valence-electron chi connectivity index (χ0n) is 10.1. The number of aliphatic hydroxyl groups is 1. The van der Waals surface area contributed by atoms with Gasteiger partial charge < -0.3 is 15.2 Å². The number of aryl methyl sites for hydroxylation is 1. The van der Waals surface area contributed by atoms with Gasteiger partial charge in [-0.2, -0.15) is 0 Å². The minimum absolute atomic E-state index is 0.00403. The Morgan fingerprint density at radius 1 is 1.41 bits per heavy atom. The van der Waals surface area contributed by atoms with Crippen LogP contribution in [0.1, 0.15) is 18.4 Å². The van der Waals surface area contributed by atoms with Crippen molar-refractivity contribution in [3.05, 3.63) is 29.8 Å². The number of benzene rings is 1. The van der Waals surface area contributed by atoms with E-state index >= 15 is 0 Å². The zero-order valence-corrected chi connectivity index (χ0v) is 10.1. The molecule has 0 fully saturated rings. The number of methoxy groups -OCH3 is 1. The Morgan fingerprint density at radius 3 is 2.88 bits per heavy atom. The topological polar surface area (TPSA) is 58.6 Å². The van der Waals surface area contributed by atoms with Gasteiger partial charge in [0.05, 0.1) is 7.11 Å². The molecule has 0 saturated carbocycles. The SMILES string of the molecule is COc1ccccc1CCC(=O)NCCCO. The van der Waals surface area contributed by atoms with Gasteiger partial charge in [0.1, 0.15) is 5.75 Å². The van der Waals surface area contributed by atoms with Crippen molar-refractivity contribution >= 4 is 5.91 Å². The normalized spacial score (nSPS) is 10.0. The van der Waals surface area contributed by atoms with E-state index in [2.05, 4.69) is 5.32 Å². The van der Waals surface area contributed by atoms with E-state index in [0.717, 1.165) is 11.3 Å². The fourth-order valence-corrected chi connectivity index (χ4v) is 1.55. The molecule has 0 unspecified atom stereocenters. The van der Waals surface area contributed by atoms with Crippen molar-refractivity contribution in [2.24, 2.45) is 0 Å². The van der Waals surface area contributed by atoms with E-state index in [9.17, 15) is 4.79 Å². The molecule has 0 saturated heterocycles. The average molecular weight is 237 g/mol. The van der Waals surface area contributed by atoms with Crippen LogP contribution in [0.2, 0.25) is 0 Å². The van der Waals surface area contributed by atoms with Gasteiger partial charge in [0.25, 0.3) is 0 Å². The van der Waals surface area contributed by atoms with Crippen LogP contribution in [0.15, 0.2) is 24.3 Å². The van der Waals surface area contributed by atoms with Crippen molar-refractivity contribution in [2.45, 2.75) is 19.3 Å². The quantitative estimate of drug-likeness (QED) is 0.699. The van der Waals surface area contributed by atoms with E-state index in [1.807, 2.05) is 24.3 Å². The summed E-state index contributed by atoms with van der Waals surface area (Å²) >= 11 is 0. The van der Waals surface area contributed by atoms with Crippen LogP contribution in [0.25, 0.3) is 0 Å². The summed E-state index contributed by atoms with van der Waals surface area (Å²) in [5.41, 5.74) is 1.03. The van der Waals surface area contributed by atoms with E-state index in [-0.39, 0.29) is 12.5 Å². The minimum atomic E-state index is 0.00403. The molecule has 4 nitrogen and oxygen atoms in total. The van der Waals surface area contributed by atoms with Crippen molar-refractivity contribution < 1.29 is 14.6 Å². The fourth-order valence-electron chi connectivity index (χ4n) is 1.55. The Balaban J connectivity index is 2.36. The van der Waals surface area contributed by atoms with Gasteiger partial charge in [-0.05, 0) is 24.5 Å². The molecular weight excluding hydrogens is 218 g/mol. The highest BCUT2D eigenvalue weighted by atomic mass is 16.5. The summed E-state index contributed by atoms with van der Waals surface area (Å²) in [7, 11) is 1.63. The molecule has 1 rings (SSSR count). The van der Waals surface area contributed by atoms with Gasteiger partial charge in [-0.15, -0.1) is 0 Å². The first-order valence-corrected chi connectivity index (χ1v) is 5.77. The van der Waals surface area contributed by atoms with Crippen LogP contribution in [0, 0.1) is 0 Å².